The maximum Gasteiger partial charge on any atom is 0.337 e. The number of esters is 1. The smallest absolute Gasteiger partial charge is 0.337 e. The fraction of sp³-hybridized carbons (Fsp3) is 0.188. The molecule has 2 aromatic carbocycles. The summed E-state index contributed by atoms with van der Waals surface area (Å²) in [5.74, 6) is -0.314. The van der Waals surface area contributed by atoms with Gasteiger partial charge >= 0.3 is 5.97 Å². The standard InChI is InChI=1S/C16H16BrNO2/c1-11-4-3-5-14(15(11)17)18-10-12-6-8-13(9-7-12)16(19)20-2/h3-9,18H,10H2,1-2H3. The van der Waals surface area contributed by atoms with Crippen LogP contribution in [0.4, 0.5) is 5.69 Å². The van der Waals surface area contributed by atoms with E-state index >= 15 is 0 Å². The first kappa shape index (κ1) is 14.6. The number of carbonyl (C=O) groups excluding carboxylic acids is 1. The van der Waals surface area contributed by atoms with Crippen molar-refractivity contribution < 1.29 is 9.53 Å². The minimum atomic E-state index is -0.314. The second kappa shape index (κ2) is 6.57. The highest BCUT2D eigenvalue weighted by Gasteiger charge is 2.05. The summed E-state index contributed by atoms with van der Waals surface area (Å²) in [7, 11) is 1.38. The van der Waals surface area contributed by atoms with E-state index in [1.165, 1.54) is 12.7 Å². The zero-order valence-electron chi connectivity index (χ0n) is 11.4. The average molecular weight is 334 g/mol. The Morgan fingerprint density at radius 2 is 1.90 bits per heavy atom. The number of carbonyl (C=O) groups is 1. The molecule has 1 N–H and O–H groups in total. The lowest BCUT2D eigenvalue weighted by Crippen LogP contribution is -2.03. The minimum Gasteiger partial charge on any atom is -0.465 e. The number of methoxy groups -OCH3 is 1. The minimum absolute atomic E-state index is 0.314. The van der Waals surface area contributed by atoms with E-state index < -0.39 is 0 Å². The van der Waals surface area contributed by atoms with Gasteiger partial charge in [-0.3, -0.25) is 0 Å². The third-order valence-electron chi connectivity index (χ3n) is 3.05. The predicted molar refractivity (Wildman–Crippen MR) is 84.0 cm³/mol. The summed E-state index contributed by atoms with van der Waals surface area (Å²) in [4.78, 5) is 11.3. The van der Waals surface area contributed by atoms with Crippen molar-refractivity contribution in [2.45, 2.75) is 13.5 Å². The second-order valence-corrected chi connectivity index (χ2v) is 5.27. The van der Waals surface area contributed by atoms with Crippen LogP contribution in [0.1, 0.15) is 21.5 Å². The lowest BCUT2D eigenvalue weighted by Gasteiger charge is -2.10. The van der Waals surface area contributed by atoms with Crippen molar-refractivity contribution in [3.05, 3.63) is 63.6 Å². The van der Waals surface area contributed by atoms with Crippen LogP contribution in [0.2, 0.25) is 0 Å². The largest absolute Gasteiger partial charge is 0.465 e. The van der Waals surface area contributed by atoms with E-state index in [9.17, 15) is 4.79 Å². The van der Waals surface area contributed by atoms with Crippen LogP contribution in [0.3, 0.4) is 0 Å². The van der Waals surface area contributed by atoms with Gasteiger partial charge in [-0.1, -0.05) is 24.3 Å². The van der Waals surface area contributed by atoms with Gasteiger partial charge in [0.1, 0.15) is 0 Å². The molecule has 2 aromatic rings. The first-order valence-electron chi connectivity index (χ1n) is 6.28. The summed E-state index contributed by atoms with van der Waals surface area (Å²) in [6.07, 6.45) is 0. The topological polar surface area (TPSA) is 38.3 Å². The number of nitrogens with one attached hydrogen (secondary N) is 1. The SMILES string of the molecule is COC(=O)c1ccc(CNc2cccc(C)c2Br)cc1. The van der Waals surface area contributed by atoms with Crippen LogP contribution in [-0.4, -0.2) is 13.1 Å². The summed E-state index contributed by atoms with van der Waals surface area (Å²) < 4.78 is 5.75. The van der Waals surface area contributed by atoms with Gasteiger partial charge in [-0.25, -0.2) is 4.79 Å². The average Bonchev–Trinajstić information content (AvgIpc) is 2.48. The van der Waals surface area contributed by atoms with E-state index in [4.69, 9.17) is 0 Å². The molecule has 20 heavy (non-hydrogen) atoms. The number of hydrogen-bond donors (Lipinski definition) is 1. The Bertz CT molecular complexity index is 608. The van der Waals surface area contributed by atoms with E-state index in [-0.39, 0.29) is 5.97 Å². The fourth-order valence-electron chi connectivity index (χ4n) is 1.86. The number of aryl methyl sites for hydroxylation is 1. The molecule has 0 aliphatic heterocycles. The molecule has 0 aliphatic carbocycles. The summed E-state index contributed by atoms with van der Waals surface area (Å²) in [5.41, 5.74) is 3.91. The summed E-state index contributed by atoms with van der Waals surface area (Å²) in [6.45, 7) is 2.75. The van der Waals surface area contributed by atoms with Crippen LogP contribution in [0, 0.1) is 6.92 Å². The molecule has 0 saturated carbocycles. The van der Waals surface area contributed by atoms with Gasteiger partial charge in [0.2, 0.25) is 0 Å². The van der Waals surface area contributed by atoms with Crippen LogP contribution in [0.25, 0.3) is 0 Å². The van der Waals surface area contributed by atoms with Crippen molar-refractivity contribution in [1.82, 2.24) is 0 Å². The van der Waals surface area contributed by atoms with Crippen molar-refractivity contribution in [3.8, 4) is 0 Å². The molecule has 3 nitrogen and oxygen atoms in total. The third-order valence-corrected chi connectivity index (χ3v) is 4.10. The van der Waals surface area contributed by atoms with Gasteiger partial charge in [-0.2, -0.15) is 0 Å². The summed E-state index contributed by atoms with van der Waals surface area (Å²) >= 11 is 3.57. The highest BCUT2D eigenvalue weighted by molar-refractivity contribution is 9.10. The Morgan fingerprint density at radius 3 is 2.55 bits per heavy atom. The number of benzene rings is 2. The van der Waals surface area contributed by atoms with Crippen LogP contribution in [-0.2, 0) is 11.3 Å². The zero-order chi connectivity index (χ0) is 14.5. The maximum atomic E-state index is 11.3. The molecule has 0 spiro atoms. The molecule has 0 heterocycles. The monoisotopic (exact) mass is 333 g/mol. The molecule has 4 heteroatoms. The van der Waals surface area contributed by atoms with Crippen LogP contribution < -0.4 is 5.32 Å². The van der Waals surface area contributed by atoms with Gasteiger partial charge in [0.25, 0.3) is 0 Å². The normalized spacial score (nSPS) is 10.2. The fourth-order valence-corrected chi connectivity index (χ4v) is 2.26. The molecule has 104 valence electrons. The molecule has 0 atom stereocenters. The molecule has 0 bridgehead atoms. The van der Waals surface area contributed by atoms with Crippen molar-refractivity contribution in [2.24, 2.45) is 0 Å². The van der Waals surface area contributed by atoms with Gasteiger partial charge in [-0.05, 0) is 52.2 Å². The molecular weight excluding hydrogens is 318 g/mol. The number of anilines is 1. The Hall–Kier alpha value is -1.81. The summed E-state index contributed by atoms with van der Waals surface area (Å²) in [6, 6.07) is 13.5. The Labute approximate surface area is 127 Å². The van der Waals surface area contributed by atoms with E-state index in [1.807, 2.05) is 24.3 Å². The van der Waals surface area contributed by atoms with Gasteiger partial charge in [0.15, 0.2) is 0 Å². The lowest BCUT2D eigenvalue weighted by molar-refractivity contribution is 0.0600. The van der Waals surface area contributed by atoms with Gasteiger partial charge in [0, 0.05) is 16.7 Å². The van der Waals surface area contributed by atoms with Gasteiger partial charge in [-0.15, -0.1) is 0 Å². The summed E-state index contributed by atoms with van der Waals surface area (Å²) in [5, 5.41) is 3.37. The van der Waals surface area contributed by atoms with Crippen LogP contribution >= 0.6 is 15.9 Å². The van der Waals surface area contributed by atoms with Crippen LogP contribution in [0.15, 0.2) is 46.9 Å². The first-order valence-corrected chi connectivity index (χ1v) is 7.07. The highest BCUT2D eigenvalue weighted by Crippen LogP contribution is 2.26. The van der Waals surface area contributed by atoms with Crippen molar-refractivity contribution >= 4 is 27.6 Å². The molecule has 0 amide bonds. The van der Waals surface area contributed by atoms with Crippen molar-refractivity contribution in [1.29, 1.82) is 0 Å². The van der Waals surface area contributed by atoms with E-state index in [0.717, 1.165) is 15.7 Å². The number of ether oxygens (including phenoxy) is 1. The third kappa shape index (κ3) is 3.39. The second-order valence-electron chi connectivity index (χ2n) is 4.48. The van der Waals surface area contributed by atoms with E-state index in [2.05, 4.69) is 39.0 Å². The molecule has 0 unspecified atom stereocenters. The van der Waals surface area contributed by atoms with Crippen molar-refractivity contribution in [2.75, 3.05) is 12.4 Å². The van der Waals surface area contributed by atoms with Gasteiger partial charge < -0.3 is 10.1 Å². The predicted octanol–water partition coefficient (Wildman–Crippen LogP) is 4.16. The maximum absolute atomic E-state index is 11.3. The highest BCUT2D eigenvalue weighted by atomic mass is 79.9. The Balaban J connectivity index is 2.04. The van der Waals surface area contributed by atoms with E-state index in [0.29, 0.717) is 12.1 Å². The number of rotatable bonds is 4. The first-order chi connectivity index (χ1) is 9.61. The molecular formula is C16H16BrNO2. The molecule has 0 radical (unpaired) electrons. The molecule has 2 rings (SSSR count). The van der Waals surface area contributed by atoms with Crippen molar-refractivity contribution in [3.63, 3.8) is 0 Å². The Morgan fingerprint density at radius 1 is 1.20 bits per heavy atom. The molecule has 0 saturated heterocycles. The number of hydrogen-bond acceptors (Lipinski definition) is 3. The Kier molecular flexibility index (Phi) is 4.79. The molecule has 0 aromatic heterocycles. The van der Waals surface area contributed by atoms with Crippen LogP contribution in [0.5, 0.6) is 0 Å². The van der Waals surface area contributed by atoms with Gasteiger partial charge in [0.05, 0.1) is 12.7 Å². The zero-order valence-corrected chi connectivity index (χ0v) is 13.0. The quantitative estimate of drug-likeness (QED) is 0.854. The molecule has 0 fully saturated rings. The number of halogens is 1. The van der Waals surface area contributed by atoms with E-state index in [1.54, 1.807) is 12.1 Å². The molecule has 0 aliphatic rings. The lowest BCUT2D eigenvalue weighted by atomic mass is 10.1.